The standard InChI is InChI=1S/C11H12FN3O/c12-10-7-9(8-13)1-2-11(10)14-15-3-5-16-6-4-15/h1-2,7,14H,3-6H2. The highest BCUT2D eigenvalue weighted by Gasteiger charge is 2.12. The fourth-order valence-corrected chi connectivity index (χ4v) is 1.52. The number of ether oxygens (including phenoxy) is 1. The molecular weight excluding hydrogens is 209 g/mol. The molecule has 2 rings (SSSR count). The summed E-state index contributed by atoms with van der Waals surface area (Å²) in [5.74, 6) is -0.412. The van der Waals surface area contributed by atoms with Gasteiger partial charge in [-0.05, 0) is 18.2 Å². The molecular formula is C11H12FN3O. The lowest BCUT2D eigenvalue weighted by Crippen LogP contribution is -2.40. The number of anilines is 1. The first-order chi connectivity index (χ1) is 7.79. The van der Waals surface area contributed by atoms with E-state index in [1.807, 2.05) is 11.1 Å². The Morgan fingerprint density at radius 1 is 1.38 bits per heavy atom. The molecule has 1 fully saturated rings. The van der Waals surface area contributed by atoms with E-state index < -0.39 is 5.82 Å². The van der Waals surface area contributed by atoms with Crippen molar-refractivity contribution in [3.8, 4) is 6.07 Å². The molecule has 84 valence electrons. The normalized spacial score (nSPS) is 16.8. The fourth-order valence-electron chi connectivity index (χ4n) is 1.52. The van der Waals surface area contributed by atoms with Gasteiger partial charge in [-0.15, -0.1) is 0 Å². The van der Waals surface area contributed by atoms with Crippen molar-refractivity contribution in [3.05, 3.63) is 29.6 Å². The van der Waals surface area contributed by atoms with Crippen molar-refractivity contribution in [3.63, 3.8) is 0 Å². The van der Waals surface area contributed by atoms with Crippen molar-refractivity contribution in [1.29, 1.82) is 5.26 Å². The zero-order chi connectivity index (χ0) is 11.4. The summed E-state index contributed by atoms with van der Waals surface area (Å²) in [5, 5.41) is 10.5. The molecule has 1 aromatic rings. The van der Waals surface area contributed by atoms with Crippen LogP contribution < -0.4 is 5.43 Å². The highest BCUT2D eigenvalue weighted by Crippen LogP contribution is 2.16. The molecule has 16 heavy (non-hydrogen) atoms. The van der Waals surface area contributed by atoms with Crippen LogP contribution in [-0.2, 0) is 4.74 Å². The Morgan fingerprint density at radius 3 is 2.75 bits per heavy atom. The molecule has 1 aliphatic rings. The van der Waals surface area contributed by atoms with Gasteiger partial charge in [0.1, 0.15) is 5.82 Å². The van der Waals surface area contributed by atoms with Gasteiger partial charge in [0.05, 0.1) is 30.5 Å². The molecule has 0 atom stereocenters. The van der Waals surface area contributed by atoms with E-state index in [1.54, 1.807) is 12.1 Å². The van der Waals surface area contributed by atoms with Crippen LogP contribution in [0.25, 0.3) is 0 Å². The maximum Gasteiger partial charge on any atom is 0.148 e. The molecule has 1 aromatic carbocycles. The zero-order valence-corrected chi connectivity index (χ0v) is 8.74. The number of benzene rings is 1. The summed E-state index contributed by atoms with van der Waals surface area (Å²) in [5.41, 5.74) is 3.68. The van der Waals surface area contributed by atoms with Crippen LogP contribution in [0.4, 0.5) is 10.1 Å². The van der Waals surface area contributed by atoms with Crippen LogP contribution in [0.3, 0.4) is 0 Å². The SMILES string of the molecule is N#Cc1ccc(NN2CCOCC2)c(F)c1. The smallest absolute Gasteiger partial charge is 0.148 e. The minimum Gasteiger partial charge on any atom is -0.379 e. The van der Waals surface area contributed by atoms with Gasteiger partial charge in [-0.2, -0.15) is 5.26 Å². The van der Waals surface area contributed by atoms with E-state index >= 15 is 0 Å². The minimum absolute atomic E-state index is 0.324. The van der Waals surface area contributed by atoms with Crippen molar-refractivity contribution < 1.29 is 9.13 Å². The Hall–Kier alpha value is -1.64. The highest BCUT2D eigenvalue weighted by atomic mass is 19.1. The summed E-state index contributed by atoms with van der Waals surface area (Å²) in [6.07, 6.45) is 0. The molecule has 4 nitrogen and oxygen atoms in total. The van der Waals surface area contributed by atoms with E-state index in [0.29, 0.717) is 24.5 Å². The third kappa shape index (κ3) is 2.48. The number of hydrogen-bond donors (Lipinski definition) is 1. The number of rotatable bonds is 2. The third-order valence-electron chi connectivity index (χ3n) is 2.39. The molecule has 1 N–H and O–H groups in total. The predicted octanol–water partition coefficient (Wildman–Crippen LogP) is 1.36. The first kappa shape index (κ1) is 10.9. The molecule has 1 heterocycles. The molecule has 5 heteroatoms. The van der Waals surface area contributed by atoms with Gasteiger partial charge in [0.15, 0.2) is 0 Å². The molecule has 0 bridgehead atoms. The highest BCUT2D eigenvalue weighted by molar-refractivity contribution is 5.48. The van der Waals surface area contributed by atoms with Crippen LogP contribution in [0.5, 0.6) is 0 Å². The summed E-state index contributed by atoms with van der Waals surface area (Å²) in [7, 11) is 0. The summed E-state index contributed by atoms with van der Waals surface area (Å²) in [6, 6.07) is 6.28. The third-order valence-corrected chi connectivity index (χ3v) is 2.39. The second kappa shape index (κ2) is 4.92. The van der Waals surface area contributed by atoms with Crippen molar-refractivity contribution in [2.24, 2.45) is 0 Å². The minimum atomic E-state index is -0.412. The number of nitrogens with one attached hydrogen (secondary N) is 1. The average molecular weight is 221 g/mol. The van der Waals surface area contributed by atoms with Gasteiger partial charge in [-0.3, -0.25) is 0 Å². The zero-order valence-electron chi connectivity index (χ0n) is 8.74. The summed E-state index contributed by atoms with van der Waals surface area (Å²) >= 11 is 0. The Labute approximate surface area is 93.2 Å². The molecule has 1 aliphatic heterocycles. The van der Waals surface area contributed by atoms with E-state index in [-0.39, 0.29) is 0 Å². The van der Waals surface area contributed by atoms with Gasteiger partial charge in [0.2, 0.25) is 0 Å². The van der Waals surface area contributed by atoms with Crippen molar-refractivity contribution in [2.75, 3.05) is 31.7 Å². The molecule has 0 saturated carbocycles. The second-order valence-corrected chi connectivity index (χ2v) is 3.52. The first-order valence-electron chi connectivity index (χ1n) is 5.08. The van der Waals surface area contributed by atoms with Gasteiger partial charge in [0, 0.05) is 13.1 Å². The van der Waals surface area contributed by atoms with Crippen LogP contribution in [0, 0.1) is 17.1 Å². The topological polar surface area (TPSA) is 48.3 Å². The largest absolute Gasteiger partial charge is 0.379 e. The molecule has 0 amide bonds. The van der Waals surface area contributed by atoms with Crippen molar-refractivity contribution >= 4 is 5.69 Å². The number of hydrazine groups is 1. The average Bonchev–Trinajstić information content (AvgIpc) is 2.33. The molecule has 0 unspecified atom stereocenters. The number of hydrogen-bond acceptors (Lipinski definition) is 4. The molecule has 0 spiro atoms. The Morgan fingerprint density at radius 2 is 2.12 bits per heavy atom. The summed E-state index contributed by atoms with van der Waals surface area (Å²) < 4.78 is 18.7. The number of nitriles is 1. The van der Waals surface area contributed by atoms with Crippen LogP contribution in [0.1, 0.15) is 5.56 Å². The molecule has 1 saturated heterocycles. The second-order valence-electron chi connectivity index (χ2n) is 3.52. The molecule has 0 radical (unpaired) electrons. The maximum absolute atomic E-state index is 13.5. The fraction of sp³-hybridized carbons (Fsp3) is 0.364. The van der Waals surface area contributed by atoms with E-state index in [9.17, 15) is 4.39 Å². The van der Waals surface area contributed by atoms with Crippen LogP contribution in [0.15, 0.2) is 18.2 Å². The predicted molar refractivity (Wildman–Crippen MR) is 57.1 cm³/mol. The lowest BCUT2D eigenvalue weighted by Gasteiger charge is -2.28. The van der Waals surface area contributed by atoms with E-state index in [0.717, 1.165) is 13.1 Å². The number of halogens is 1. The van der Waals surface area contributed by atoms with Crippen LogP contribution in [0.2, 0.25) is 0 Å². The van der Waals surface area contributed by atoms with Gasteiger partial charge in [-0.25, -0.2) is 9.40 Å². The number of morpholine rings is 1. The van der Waals surface area contributed by atoms with Crippen LogP contribution in [-0.4, -0.2) is 31.3 Å². The Balaban J connectivity index is 2.06. The first-order valence-corrected chi connectivity index (χ1v) is 5.08. The van der Waals surface area contributed by atoms with E-state index in [1.165, 1.54) is 6.07 Å². The summed E-state index contributed by atoms with van der Waals surface area (Å²) in [4.78, 5) is 0. The Kier molecular flexibility index (Phi) is 3.34. The lowest BCUT2D eigenvalue weighted by molar-refractivity contribution is 0.0495. The summed E-state index contributed by atoms with van der Waals surface area (Å²) in [6.45, 7) is 2.73. The quantitative estimate of drug-likeness (QED) is 0.819. The van der Waals surface area contributed by atoms with Crippen molar-refractivity contribution in [2.45, 2.75) is 0 Å². The monoisotopic (exact) mass is 221 g/mol. The lowest BCUT2D eigenvalue weighted by atomic mass is 10.2. The van der Waals surface area contributed by atoms with E-state index in [4.69, 9.17) is 10.00 Å². The van der Waals surface area contributed by atoms with Gasteiger partial charge in [-0.1, -0.05) is 0 Å². The van der Waals surface area contributed by atoms with E-state index in [2.05, 4.69) is 5.43 Å². The van der Waals surface area contributed by atoms with Gasteiger partial charge in [0.25, 0.3) is 0 Å². The number of nitrogens with zero attached hydrogens (tertiary/aromatic N) is 2. The molecule has 0 aliphatic carbocycles. The molecule has 0 aromatic heterocycles. The van der Waals surface area contributed by atoms with Crippen LogP contribution >= 0.6 is 0 Å². The Bertz CT molecular complexity index is 410. The van der Waals surface area contributed by atoms with Gasteiger partial charge < -0.3 is 10.2 Å². The van der Waals surface area contributed by atoms with Gasteiger partial charge >= 0.3 is 0 Å². The maximum atomic E-state index is 13.5. The van der Waals surface area contributed by atoms with Crippen molar-refractivity contribution in [1.82, 2.24) is 5.01 Å².